The van der Waals surface area contributed by atoms with Gasteiger partial charge in [-0.3, -0.25) is 19.2 Å². The third-order valence-corrected chi connectivity index (χ3v) is 8.60. The van der Waals surface area contributed by atoms with Crippen LogP contribution < -0.4 is 45.6 Å². The summed E-state index contributed by atoms with van der Waals surface area (Å²) < 4.78 is 22.6. The molecule has 3 atom stereocenters. The lowest BCUT2D eigenvalue weighted by Crippen LogP contribution is -2.40. The summed E-state index contributed by atoms with van der Waals surface area (Å²) in [7, 11) is 4.63. The lowest BCUT2D eigenvalue weighted by Gasteiger charge is -2.24. The summed E-state index contributed by atoms with van der Waals surface area (Å²) in [6.07, 6.45) is 1.75. The Bertz CT molecular complexity index is 1780. The smallest absolute Gasteiger partial charge is 0.262 e. The highest BCUT2D eigenvalue weighted by Gasteiger charge is 2.31. The van der Waals surface area contributed by atoms with Gasteiger partial charge >= 0.3 is 0 Å². The summed E-state index contributed by atoms with van der Waals surface area (Å²) in [6, 6.07) is 10.6. The molecular formula is C35H40N4O8. The zero-order chi connectivity index (χ0) is 33.8. The van der Waals surface area contributed by atoms with Crippen LogP contribution in [0.2, 0.25) is 0 Å². The zero-order valence-electron chi connectivity index (χ0n) is 27.4. The number of methoxy groups -OCH3 is 3. The van der Waals surface area contributed by atoms with Crippen LogP contribution in [-0.4, -0.2) is 51.7 Å². The van der Waals surface area contributed by atoms with E-state index in [1.165, 1.54) is 20.1 Å². The van der Waals surface area contributed by atoms with Gasteiger partial charge in [0.2, 0.25) is 23.0 Å². The average Bonchev–Trinajstić information content (AvgIpc) is 3.29. The van der Waals surface area contributed by atoms with Crippen LogP contribution in [0.4, 0.5) is 17.1 Å². The van der Waals surface area contributed by atoms with Gasteiger partial charge in [0.25, 0.3) is 5.91 Å². The molecule has 12 nitrogen and oxygen atoms in total. The van der Waals surface area contributed by atoms with E-state index in [0.29, 0.717) is 64.8 Å². The number of hydrogen-bond donors (Lipinski definition) is 4. The molecule has 0 radical (unpaired) electrons. The van der Waals surface area contributed by atoms with Crippen molar-refractivity contribution < 1.29 is 33.3 Å². The third-order valence-electron chi connectivity index (χ3n) is 8.60. The van der Waals surface area contributed by atoms with Crippen LogP contribution in [0.5, 0.6) is 23.0 Å². The maximum Gasteiger partial charge on any atom is 0.262 e. The second-order valence-electron chi connectivity index (χ2n) is 11.6. The molecule has 47 heavy (non-hydrogen) atoms. The highest BCUT2D eigenvalue weighted by Crippen LogP contribution is 2.50. The van der Waals surface area contributed by atoms with E-state index in [-0.39, 0.29) is 41.4 Å². The van der Waals surface area contributed by atoms with Crippen molar-refractivity contribution in [1.82, 2.24) is 5.32 Å². The molecule has 0 aromatic heterocycles. The van der Waals surface area contributed by atoms with Crippen molar-refractivity contribution >= 4 is 34.8 Å². The van der Waals surface area contributed by atoms with Crippen molar-refractivity contribution in [3.8, 4) is 34.1 Å². The predicted molar refractivity (Wildman–Crippen MR) is 179 cm³/mol. The van der Waals surface area contributed by atoms with Gasteiger partial charge in [-0.05, 0) is 71.8 Å². The topological polar surface area (TPSA) is 153 Å². The van der Waals surface area contributed by atoms with Crippen LogP contribution in [0.3, 0.4) is 0 Å². The number of ether oxygens (including phenoxy) is 4. The van der Waals surface area contributed by atoms with Crippen LogP contribution in [0.15, 0.2) is 47.3 Å². The molecule has 0 fully saturated rings. The molecule has 0 spiro atoms. The van der Waals surface area contributed by atoms with E-state index in [2.05, 4.69) is 21.3 Å². The Balaban J connectivity index is 1.57. The summed E-state index contributed by atoms with van der Waals surface area (Å²) in [5.41, 5.74) is 3.73. The first-order valence-corrected chi connectivity index (χ1v) is 15.5. The van der Waals surface area contributed by atoms with E-state index in [0.717, 1.165) is 11.1 Å². The quantitative estimate of drug-likeness (QED) is 0.247. The van der Waals surface area contributed by atoms with Crippen molar-refractivity contribution in [2.45, 2.75) is 52.1 Å². The average molecular weight is 645 g/mol. The molecular weight excluding hydrogens is 604 g/mol. The Kier molecular flexibility index (Phi) is 9.88. The molecule has 0 saturated heterocycles. The van der Waals surface area contributed by atoms with Gasteiger partial charge < -0.3 is 40.2 Å². The Hall–Kier alpha value is -5.26. The maximum atomic E-state index is 13.9. The Morgan fingerprint density at radius 1 is 1.02 bits per heavy atom. The monoisotopic (exact) mass is 644 g/mol. The first kappa shape index (κ1) is 33.1. The van der Waals surface area contributed by atoms with E-state index in [1.807, 2.05) is 26.0 Å². The van der Waals surface area contributed by atoms with E-state index in [1.54, 1.807) is 38.5 Å². The molecule has 1 heterocycles. The molecule has 248 valence electrons. The summed E-state index contributed by atoms with van der Waals surface area (Å²) in [4.78, 5) is 51.7. The fraction of sp³-hybridized carbons (Fsp3) is 0.371. The van der Waals surface area contributed by atoms with Crippen molar-refractivity contribution in [2.75, 3.05) is 43.9 Å². The minimum absolute atomic E-state index is 0.0696. The Labute approximate surface area is 273 Å². The van der Waals surface area contributed by atoms with E-state index < -0.39 is 12.1 Å². The standard InChI is InChI=1S/C35H40N4O8/c1-7-18(2)32(35(43)37-21-9-13-28-26(15-21)38-30(42)17-47-28)39-25-12-10-22-23(16-27(25)41)24(36-19(3)40)11-8-20-14-29(44-4)33(45-5)34(46-6)31(20)22/h9-10,12-16,18,24,32H,7-8,11,17H2,1-6H3,(H,36,40)(H,37,43)(H,38,42)(H,39,41). The van der Waals surface area contributed by atoms with Gasteiger partial charge in [0.05, 0.1) is 38.7 Å². The number of carbonyl (C=O) groups is 3. The SMILES string of the molecule is CCC(C)C(Nc1ccc2c(cc1=O)C(NC(C)=O)CCc1cc(OC)c(OC)c(OC)c1-2)C(=O)Nc1ccc2c(c1)NC(=O)CO2. The number of rotatable bonds is 10. The number of anilines is 3. The van der Waals surface area contributed by atoms with Crippen molar-refractivity contribution in [3.63, 3.8) is 0 Å². The molecule has 3 amide bonds. The van der Waals surface area contributed by atoms with Gasteiger partial charge in [0.1, 0.15) is 11.8 Å². The van der Waals surface area contributed by atoms with Crippen LogP contribution in [0.1, 0.15) is 50.8 Å². The normalized spacial score (nSPS) is 16.0. The fourth-order valence-electron chi connectivity index (χ4n) is 6.08. The summed E-state index contributed by atoms with van der Waals surface area (Å²) in [6.45, 7) is 5.26. The molecule has 3 unspecified atom stereocenters. The highest BCUT2D eigenvalue weighted by molar-refractivity contribution is 5.99. The second kappa shape index (κ2) is 14.0. The number of amides is 3. The van der Waals surface area contributed by atoms with Crippen molar-refractivity contribution in [3.05, 3.63) is 63.8 Å². The summed E-state index contributed by atoms with van der Waals surface area (Å²) in [5, 5.41) is 11.9. The summed E-state index contributed by atoms with van der Waals surface area (Å²) >= 11 is 0. The lowest BCUT2D eigenvalue weighted by molar-refractivity contribution is -0.120. The molecule has 0 saturated carbocycles. The Morgan fingerprint density at radius 3 is 2.47 bits per heavy atom. The molecule has 5 rings (SSSR count). The van der Waals surface area contributed by atoms with Gasteiger partial charge in [-0.1, -0.05) is 26.3 Å². The van der Waals surface area contributed by atoms with Crippen LogP contribution in [0.25, 0.3) is 11.1 Å². The molecule has 0 bridgehead atoms. The third kappa shape index (κ3) is 6.81. The molecule has 3 aromatic rings. The predicted octanol–water partition coefficient (Wildman–Crippen LogP) is 4.66. The summed E-state index contributed by atoms with van der Waals surface area (Å²) in [5.74, 6) is 0.850. The highest BCUT2D eigenvalue weighted by atomic mass is 16.5. The van der Waals surface area contributed by atoms with Crippen LogP contribution in [-0.2, 0) is 20.8 Å². The van der Waals surface area contributed by atoms with Crippen molar-refractivity contribution in [1.29, 1.82) is 0 Å². The number of aryl methyl sites for hydroxylation is 1. The minimum atomic E-state index is -0.783. The number of carbonyl (C=O) groups excluding carboxylic acids is 3. The molecule has 3 aromatic carbocycles. The van der Waals surface area contributed by atoms with Gasteiger partial charge in [-0.25, -0.2) is 0 Å². The van der Waals surface area contributed by atoms with Gasteiger partial charge in [-0.15, -0.1) is 0 Å². The molecule has 4 N–H and O–H groups in total. The number of hydrogen-bond acceptors (Lipinski definition) is 9. The van der Waals surface area contributed by atoms with Crippen LogP contribution in [0, 0.1) is 5.92 Å². The fourth-order valence-corrected chi connectivity index (χ4v) is 6.08. The largest absolute Gasteiger partial charge is 0.493 e. The van der Waals surface area contributed by atoms with Gasteiger partial charge in [-0.2, -0.15) is 0 Å². The minimum Gasteiger partial charge on any atom is -0.493 e. The number of fused-ring (bicyclic) bond motifs is 4. The maximum absolute atomic E-state index is 13.9. The number of nitrogens with one attached hydrogen (secondary N) is 4. The zero-order valence-corrected chi connectivity index (χ0v) is 27.4. The molecule has 1 aliphatic heterocycles. The Morgan fingerprint density at radius 2 is 1.79 bits per heavy atom. The van der Waals surface area contributed by atoms with Crippen LogP contribution >= 0.6 is 0 Å². The van der Waals surface area contributed by atoms with E-state index in [4.69, 9.17) is 18.9 Å². The van der Waals surface area contributed by atoms with Gasteiger partial charge in [0, 0.05) is 18.2 Å². The van der Waals surface area contributed by atoms with Gasteiger partial charge in [0.15, 0.2) is 18.1 Å². The second-order valence-corrected chi connectivity index (χ2v) is 11.6. The molecule has 2 aliphatic rings. The van der Waals surface area contributed by atoms with E-state index >= 15 is 0 Å². The lowest BCUT2D eigenvalue weighted by atomic mass is 9.95. The number of benzene rings is 2. The molecule has 1 aliphatic carbocycles. The first-order valence-electron chi connectivity index (χ1n) is 15.5. The molecule has 12 heteroatoms. The van der Waals surface area contributed by atoms with E-state index in [9.17, 15) is 19.2 Å². The first-order chi connectivity index (χ1) is 22.6. The van der Waals surface area contributed by atoms with Crippen molar-refractivity contribution in [2.24, 2.45) is 5.92 Å².